The van der Waals surface area contributed by atoms with E-state index < -0.39 is 5.97 Å². The highest BCUT2D eigenvalue weighted by atomic mass is 16.5. The van der Waals surface area contributed by atoms with Gasteiger partial charge in [0, 0.05) is 6.20 Å². The molecule has 1 aliphatic rings. The smallest absolute Gasteiger partial charge is 0.357 e. The maximum atomic E-state index is 12.0. The second-order valence-electron chi connectivity index (χ2n) is 6.32. The van der Waals surface area contributed by atoms with Crippen molar-refractivity contribution in [3.05, 3.63) is 65.0 Å². The molecule has 1 aromatic carbocycles. The normalized spacial score (nSPS) is 14.3. The molecule has 0 spiro atoms. The van der Waals surface area contributed by atoms with Gasteiger partial charge in [-0.2, -0.15) is 0 Å². The molecule has 1 atom stereocenters. The lowest BCUT2D eigenvalue weighted by Gasteiger charge is -2.20. The fraction of sp³-hybridized carbons (Fsp3) is 0.350. The predicted molar refractivity (Wildman–Crippen MR) is 94.2 cm³/mol. The Balaban J connectivity index is 1.53. The van der Waals surface area contributed by atoms with Crippen molar-refractivity contribution in [1.82, 2.24) is 10.3 Å². The lowest BCUT2D eigenvalue weighted by atomic mass is 9.89. The van der Waals surface area contributed by atoms with E-state index in [1.807, 2.05) is 6.92 Å². The first-order valence-corrected chi connectivity index (χ1v) is 8.62. The largest absolute Gasteiger partial charge is 0.451 e. The van der Waals surface area contributed by atoms with Gasteiger partial charge in [0.25, 0.3) is 5.91 Å². The fourth-order valence-electron chi connectivity index (χ4n) is 3.08. The number of rotatable bonds is 5. The van der Waals surface area contributed by atoms with Gasteiger partial charge in [0.1, 0.15) is 5.69 Å². The first-order chi connectivity index (χ1) is 12.1. The van der Waals surface area contributed by atoms with Gasteiger partial charge < -0.3 is 10.1 Å². The molecule has 0 bridgehead atoms. The van der Waals surface area contributed by atoms with Crippen molar-refractivity contribution in [2.75, 3.05) is 6.61 Å². The third-order valence-electron chi connectivity index (χ3n) is 4.46. The number of ether oxygens (including phenoxy) is 1. The quantitative estimate of drug-likeness (QED) is 0.851. The molecule has 5 nitrogen and oxygen atoms in total. The average Bonchev–Trinajstić information content (AvgIpc) is 2.66. The van der Waals surface area contributed by atoms with Crippen LogP contribution >= 0.6 is 0 Å². The maximum absolute atomic E-state index is 12.0. The minimum Gasteiger partial charge on any atom is -0.451 e. The van der Waals surface area contributed by atoms with E-state index in [2.05, 4.69) is 28.5 Å². The van der Waals surface area contributed by atoms with Crippen LogP contribution in [0.25, 0.3) is 0 Å². The summed E-state index contributed by atoms with van der Waals surface area (Å²) >= 11 is 0. The number of carbonyl (C=O) groups excluding carboxylic acids is 2. The molecule has 25 heavy (non-hydrogen) atoms. The number of nitrogens with zero attached hydrogens (tertiary/aromatic N) is 1. The van der Waals surface area contributed by atoms with Crippen LogP contribution in [-0.2, 0) is 22.4 Å². The SMILES string of the molecule is CC(NC(=O)COC(=O)c1ccccn1)c1ccc2c(c1)CCCC2. The minimum absolute atomic E-state index is 0.131. The van der Waals surface area contributed by atoms with Crippen molar-refractivity contribution in [2.45, 2.75) is 38.6 Å². The van der Waals surface area contributed by atoms with Crippen molar-refractivity contribution < 1.29 is 14.3 Å². The Hall–Kier alpha value is -2.69. The molecule has 1 amide bonds. The highest BCUT2D eigenvalue weighted by Crippen LogP contribution is 2.24. The summed E-state index contributed by atoms with van der Waals surface area (Å²) in [6.45, 7) is 1.62. The monoisotopic (exact) mass is 338 g/mol. The number of nitrogens with one attached hydrogen (secondary N) is 1. The summed E-state index contributed by atoms with van der Waals surface area (Å²) in [4.78, 5) is 27.7. The molecule has 2 aromatic rings. The summed E-state index contributed by atoms with van der Waals surface area (Å²) in [5.41, 5.74) is 4.06. The van der Waals surface area contributed by atoms with Crippen LogP contribution in [0.3, 0.4) is 0 Å². The number of fused-ring (bicyclic) bond motifs is 1. The molecule has 0 aliphatic heterocycles. The highest BCUT2D eigenvalue weighted by Gasteiger charge is 2.16. The molecule has 0 radical (unpaired) electrons. The van der Waals surface area contributed by atoms with Gasteiger partial charge in [-0.1, -0.05) is 24.3 Å². The third-order valence-corrected chi connectivity index (χ3v) is 4.46. The number of benzene rings is 1. The Morgan fingerprint density at radius 3 is 2.72 bits per heavy atom. The summed E-state index contributed by atoms with van der Waals surface area (Å²) in [5.74, 6) is -0.924. The predicted octanol–water partition coefficient (Wildman–Crippen LogP) is 2.99. The van der Waals surface area contributed by atoms with E-state index >= 15 is 0 Å². The third kappa shape index (κ3) is 4.44. The maximum Gasteiger partial charge on any atom is 0.357 e. The number of aryl methyl sites for hydroxylation is 2. The molecule has 1 heterocycles. The van der Waals surface area contributed by atoms with Crippen LogP contribution < -0.4 is 5.32 Å². The molecular formula is C20H22N2O3. The summed E-state index contributed by atoms with van der Waals surface area (Å²) in [6.07, 6.45) is 6.22. The molecule has 3 rings (SSSR count). The average molecular weight is 338 g/mol. The van der Waals surface area contributed by atoms with Gasteiger partial charge >= 0.3 is 5.97 Å². The highest BCUT2D eigenvalue weighted by molar-refractivity contribution is 5.89. The molecule has 0 fully saturated rings. The number of hydrogen-bond acceptors (Lipinski definition) is 4. The molecule has 1 unspecified atom stereocenters. The second kappa shape index (κ2) is 7.92. The Morgan fingerprint density at radius 1 is 1.16 bits per heavy atom. The van der Waals surface area contributed by atoms with Gasteiger partial charge in [0.2, 0.25) is 0 Å². The number of amides is 1. The first-order valence-electron chi connectivity index (χ1n) is 8.62. The minimum atomic E-state index is -0.600. The van der Waals surface area contributed by atoms with Crippen LogP contribution in [0.4, 0.5) is 0 Å². The molecule has 1 aromatic heterocycles. The molecular weight excluding hydrogens is 316 g/mol. The topological polar surface area (TPSA) is 68.3 Å². The molecule has 0 saturated heterocycles. The van der Waals surface area contributed by atoms with Gasteiger partial charge in [0.15, 0.2) is 6.61 Å². The van der Waals surface area contributed by atoms with Crippen molar-refractivity contribution in [2.24, 2.45) is 0 Å². The van der Waals surface area contributed by atoms with E-state index in [9.17, 15) is 9.59 Å². The van der Waals surface area contributed by atoms with Crippen LogP contribution in [0, 0.1) is 0 Å². The van der Waals surface area contributed by atoms with E-state index in [0.717, 1.165) is 18.4 Å². The Bertz CT molecular complexity index is 759. The Labute approximate surface area is 147 Å². The van der Waals surface area contributed by atoms with E-state index in [1.165, 1.54) is 30.2 Å². The lowest BCUT2D eigenvalue weighted by molar-refractivity contribution is -0.124. The zero-order chi connectivity index (χ0) is 17.6. The Kier molecular flexibility index (Phi) is 5.43. The van der Waals surface area contributed by atoms with Crippen molar-refractivity contribution in [3.63, 3.8) is 0 Å². The summed E-state index contributed by atoms with van der Waals surface area (Å²) < 4.78 is 5.00. The van der Waals surface area contributed by atoms with Crippen LogP contribution in [0.2, 0.25) is 0 Å². The van der Waals surface area contributed by atoms with Crippen molar-refractivity contribution >= 4 is 11.9 Å². The standard InChI is InChI=1S/C20H22N2O3/c1-14(16-10-9-15-6-2-3-7-17(15)12-16)22-19(23)13-25-20(24)18-8-4-5-11-21-18/h4-5,8-12,14H,2-3,6-7,13H2,1H3,(H,22,23). The van der Waals surface area contributed by atoms with Crippen LogP contribution in [0.15, 0.2) is 42.6 Å². The number of pyridine rings is 1. The molecule has 1 N–H and O–H groups in total. The number of hydrogen-bond donors (Lipinski definition) is 1. The lowest BCUT2D eigenvalue weighted by Crippen LogP contribution is -2.31. The molecule has 5 heteroatoms. The summed E-state index contributed by atoms with van der Waals surface area (Å²) in [6, 6.07) is 11.2. The number of carbonyl (C=O) groups is 2. The van der Waals surface area contributed by atoms with E-state index in [-0.39, 0.29) is 24.2 Å². The van der Waals surface area contributed by atoms with E-state index in [1.54, 1.807) is 18.2 Å². The molecule has 130 valence electrons. The zero-order valence-corrected chi connectivity index (χ0v) is 14.3. The van der Waals surface area contributed by atoms with Gasteiger partial charge in [-0.25, -0.2) is 9.78 Å². The van der Waals surface area contributed by atoms with Gasteiger partial charge in [0.05, 0.1) is 6.04 Å². The summed E-state index contributed by atoms with van der Waals surface area (Å²) in [5, 5.41) is 2.87. The fourth-order valence-corrected chi connectivity index (χ4v) is 3.08. The second-order valence-corrected chi connectivity index (χ2v) is 6.32. The van der Waals surface area contributed by atoms with Gasteiger partial charge in [-0.05, 0) is 61.4 Å². The van der Waals surface area contributed by atoms with E-state index in [4.69, 9.17) is 4.74 Å². The van der Waals surface area contributed by atoms with Gasteiger partial charge in [-0.15, -0.1) is 0 Å². The van der Waals surface area contributed by atoms with E-state index in [0.29, 0.717) is 0 Å². The molecule has 1 aliphatic carbocycles. The Morgan fingerprint density at radius 2 is 1.96 bits per heavy atom. The van der Waals surface area contributed by atoms with Crippen LogP contribution in [0.5, 0.6) is 0 Å². The van der Waals surface area contributed by atoms with Gasteiger partial charge in [-0.3, -0.25) is 4.79 Å². The molecule has 0 saturated carbocycles. The summed E-state index contributed by atoms with van der Waals surface area (Å²) in [7, 11) is 0. The van der Waals surface area contributed by atoms with Crippen molar-refractivity contribution in [3.8, 4) is 0 Å². The number of esters is 1. The van der Waals surface area contributed by atoms with Crippen LogP contribution in [-0.4, -0.2) is 23.5 Å². The van der Waals surface area contributed by atoms with Crippen LogP contribution in [0.1, 0.15) is 53.0 Å². The first kappa shape index (κ1) is 17.1. The van der Waals surface area contributed by atoms with Crippen molar-refractivity contribution in [1.29, 1.82) is 0 Å². The number of aromatic nitrogens is 1. The zero-order valence-electron chi connectivity index (χ0n) is 14.3.